The number of hydrogen-bond acceptors (Lipinski definition) is 3. The number of H-pyrrole nitrogens is 1. The van der Waals surface area contributed by atoms with Gasteiger partial charge in [0.25, 0.3) is 5.91 Å². The van der Waals surface area contributed by atoms with Crippen LogP contribution in [0.5, 0.6) is 0 Å². The minimum absolute atomic E-state index is 0.00301. The first-order valence-corrected chi connectivity index (χ1v) is 6.41. The van der Waals surface area contributed by atoms with E-state index in [1.807, 2.05) is 29.2 Å². The average Bonchev–Trinajstić information content (AvgIpc) is 3.12. The van der Waals surface area contributed by atoms with Crippen LogP contribution in [0.1, 0.15) is 28.8 Å². The van der Waals surface area contributed by atoms with E-state index in [2.05, 4.69) is 10.2 Å². The summed E-state index contributed by atoms with van der Waals surface area (Å²) in [5, 5.41) is 6.52. The molecule has 1 amide bonds. The fourth-order valence-electron chi connectivity index (χ4n) is 2.13. The highest BCUT2D eigenvalue weighted by Crippen LogP contribution is 2.33. The number of carbonyl (C=O) groups is 1. The highest BCUT2D eigenvalue weighted by molar-refractivity contribution is 6.06. The standard InChI is InChI=1S/C14H16N4O/c15-7-10-1-3-12(4-2-10)18(13-5-6-13)14(19)11-8-16-17-9-11/h1-4,8-9,13H,5-7,15H2,(H,16,17). The molecule has 0 aliphatic heterocycles. The molecule has 5 nitrogen and oxygen atoms in total. The van der Waals surface area contributed by atoms with Gasteiger partial charge in [0.05, 0.1) is 11.8 Å². The quantitative estimate of drug-likeness (QED) is 0.873. The predicted octanol–water partition coefficient (Wildman–Crippen LogP) is 1.68. The zero-order chi connectivity index (χ0) is 13.2. The van der Waals surface area contributed by atoms with Crippen molar-refractivity contribution in [3.63, 3.8) is 0 Å². The Morgan fingerprint density at radius 1 is 1.37 bits per heavy atom. The van der Waals surface area contributed by atoms with Crippen LogP contribution in [0.25, 0.3) is 0 Å². The Balaban J connectivity index is 1.90. The molecule has 1 aromatic heterocycles. The Hall–Kier alpha value is -2.14. The summed E-state index contributed by atoms with van der Waals surface area (Å²) in [6, 6.07) is 8.16. The fourth-order valence-corrected chi connectivity index (χ4v) is 2.13. The van der Waals surface area contributed by atoms with E-state index in [-0.39, 0.29) is 5.91 Å². The number of carbonyl (C=O) groups excluding carboxylic acids is 1. The third-order valence-corrected chi connectivity index (χ3v) is 3.33. The maximum atomic E-state index is 12.5. The van der Waals surface area contributed by atoms with Gasteiger partial charge in [-0.15, -0.1) is 0 Å². The molecule has 0 radical (unpaired) electrons. The van der Waals surface area contributed by atoms with E-state index in [0.29, 0.717) is 18.2 Å². The molecule has 19 heavy (non-hydrogen) atoms. The van der Waals surface area contributed by atoms with Gasteiger partial charge in [-0.3, -0.25) is 9.89 Å². The summed E-state index contributed by atoms with van der Waals surface area (Å²) in [4.78, 5) is 14.3. The number of amides is 1. The lowest BCUT2D eigenvalue weighted by Crippen LogP contribution is -2.32. The second kappa shape index (κ2) is 4.85. The van der Waals surface area contributed by atoms with Crippen LogP contribution in [0.2, 0.25) is 0 Å². The molecular formula is C14H16N4O. The maximum absolute atomic E-state index is 12.5. The summed E-state index contributed by atoms with van der Waals surface area (Å²) >= 11 is 0. The van der Waals surface area contributed by atoms with Crippen molar-refractivity contribution in [2.24, 2.45) is 5.73 Å². The number of aromatic nitrogens is 2. The summed E-state index contributed by atoms with van der Waals surface area (Å²) in [5.74, 6) is -0.00301. The minimum Gasteiger partial charge on any atom is -0.326 e. The van der Waals surface area contributed by atoms with Gasteiger partial charge in [0, 0.05) is 24.5 Å². The third kappa shape index (κ3) is 2.37. The monoisotopic (exact) mass is 256 g/mol. The molecule has 0 atom stereocenters. The van der Waals surface area contributed by atoms with E-state index in [1.54, 1.807) is 12.4 Å². The van der Waals surface area contributed by atoms with Crippen LogP contribution >= 0.6 is 0 Å². The van der Waals surface area contributed by atoms with Crippen LogP contribution < -0.4 is 10.6 Å². The van der Waals surface area contributed by atoms with Gasteiger partial charge in [-0.25, -0.2) is 0 Å². The number of nitrogens with one attached hydrogen (secondary N) is 1. The number of nitrogens with zero attached hydrogens (tertiary/aromatic N) is 2. The average molecular weight is 256 g/mol. The van der Waals surface area contributed by atoms with Crippen molar-refractivity contribution in [3.05, 3.63) is 47.8 Å². The molecule has 1 fully saturated rings. The van der Waals surface area contributed by atoms with Crippen LogP contribution in [0, 0.1) is 0 Å². The van der Waals surface area contributed by atoms with Crippen molar-refractivity contribution in [3.8, 4) is 0 Å². The van der Waals surface area contributed by atoms with Gasteiger partial charge in [0.1, 0.15) is 0 Å². The molecule has 2 aromatic rings. The molecule has 0 unspecified atom stereocenters. The van der Waals surface area contributed by atoms with Crippen molar-refractivity contribution in [1.82, 2.24) is 10.2 Å². The molecule has 1 saturated carbocycles. The summed E-state index contributed by atoms with van der Waals surface area (Å²) in [5.41, 5.74) is 8.17. The molecule has 0 spiro atoms. The van der Waals surface area contributed by atoms with Gasteiger partial charge in [-0.05, 0) is 30.5 Å². The molecule has 1 heterocycles. The highest BCUT2D eigenvalue weighted by Gasteiger charge is 2.34. The van der Waals surface area contributed by atoms with Crippen LogP contribution in [0.3, 0.4) is 0 Å². The van der Waals surface area contributed by atoms with E-state index in [9.17, 15) is 4.79 Å². The Morgan fingerprint density at radius 3 is 2.63 bits per heavy atom. The smallest absolute Gasteiger partial charge is 0.261 e. The van der Waals surface area contributed by atoms with Gasteiger partial charge in [-0.1, -0.05) is 12.1 Å². The zero-order valence-corrected chi connectivity index (χ0v) is 10.5. The predicted molar refractivity (Wildman–Crippen MR) is 72.8 cm³/mol. The normalized spacial score (nSPS) is 14.4. The van der Waals surface area contributed by atoms with Gasteiger partial charge >= 0.3 is 0 Å². The zero-order valence-electron chi connectivity index (χ0n) is 10.5. The van der Waals surface area contributed by atoms with Crippen LogP contribution in [0.15, 0.2) is 36.7 Å². The van der Waals surface area contributed by atoms with Crippen LogP contribution in [0.4, 0.5) is 5.69 Å². The van der Waals surface area contributed by atoms with Gasteiger partial charge in [0.2, 0.25) is 0 Å². The Morgan fingerprint density at radius 2 is 2.11 bits per heavy atom. The first-order valence-electron chi connectivity index (χ1n) is 6.41. The molecule has 1 aliphatic rings. The van der Waals surface area contributed by atoms with Crippen LogP contribution in [-0.4, -0.2) is 22.1 Å². The molecule has 0 bridgehead atoms. The van der Waals surface area contributed by atoms with Crippen molar-refractivity contribution in [1.29, 1.82) is 0 Å². The topological polar surface area (TPSA) is 75.0 Å². The van der Waals surface area contributed by atoms with Crippen molar-refractivity contribution < 1.29 is 4.79 Å². The fraction of sp³-hybridized carbons (Fsp3) is 0.286. The lowest BCUT2D eigenvalue weighted by molar-refractivity contribution is 0.0985. The molecule has 1 aromatic carbocycles. The van der Waals surface area contributed by atoms with Gasteiger partial charge < -0.3 is 10.6 Å². The molecule has 5 heteroatoms. The van der Waals surface area contributed by atoms with Crippen molar-refractivity contribution in [2.75, 3.05) is 4.90 Å². The minimum atomic E-state index is -0.00301. The van der Waals surface area contributed by atoms with E-state index in [4.69, 9.17) is 5.73 Å². The number of anilines is 1. The van der Waals surface area contributed by atoms with Crippen molar-refractivity contribution >= 4 is 11.6 Å². The molecule has 1 aliphatic carbocycles. The number of rotatable bonds is 4. The molecule has 0 saturated heterocycles. The van der Waals surface area contributed by atoms with E-state index in [0.717, 1.165) is 24.1 Å². The first-order chi connectivity index (χ1) is 9.29. The lowest BCUT2D eigenvalue weighted by Gasteiger charge is -2.22. The SMILES string of the molecule is NCc1ccc(N(C(=O)c2cn[nH]c2)C2CC2)cc1. The molecule has 3 N–H and O–H groups in total. The second-order valence-electron chi connectivity index (χ2n) is 4.76. The molecular weight excluding hydrogens is 240 g/mol. The van der Waals surface area contributed by atoms with Crippen LogP contribution in [-0.2, 0) is 6.54 Å². The van der Waals surface area contributed by atoms with E-state index >= 15 is 0 Å². The highest BCUT2D eigenvalue weighted by atomic mass is 16.2. The number of nitrogens with two attached hydrogens (primary N) is 1. The Labute approximate surface area is 111 Å². The number of benzene rings is 1. The lowest BCUT2D eigenvalue weighted by atomic mass is 10.2. The third-order valence-electron chi connectivity index (χ3n) is 3.33. The largest absolute Gasteiger partial charge is 0.326 e. The van der Waals surface area contributed by atoms with E-state index < -0.39 is 0 Å². The van der Waals surface area contributed by atoms with Gasteiger partial charge in [-0.2, -0.15) is 5.10 Å². The summed E-state index contributed by atoms with van der Waals surface area (Å²) in [6.07, 6.45) is 5.31. The van der Waals surface area contributed by atoms with E-state index in [1.165, 1.54) is 0 Å². The Kier molecular flexibility index (Phi) is 3.05. The molecule has 98 valence electrons. The number of hydrogen-bond donors (Lipinski definition) is 2. The number of aromatic amines is 1. The summed E-state index contributed by atoms with van der Waals surface area (Å²) < 4.78 is 0. The molecule has 3 rings (SSSR count). The maximum Gasteiger partial charge on any atom is 0.261 e. The Bertz CT molecular complexity index is 558. The van der Waals surface area contributed by atoms with Gasteiger partial charge in [0.15, 0.2) is 0 Å². The second-order valence-corrected chi connectivity index (χ2v) is 4.76. The summed E-state index contributed by atoms with van der Waals surface area (Å²) in [7, 11) is 0. The summed E-state index contributed by atoms with van der Waals surface area (Å²) in [6.45, 7) is 0.513. The first kappa shape index (κ1) is 11.9. The van der Waals surface area contributed by atoms with Crippen molar-refractivity contribution in [2.45, 2.75) is 25.4 Å².